The first-order valence-corrected chi connectivity index (χ1v) is 7.81. The molecule has 0 fully saturated rings. The van der Waals surface area contributed by atoms with E-state index in [1.54, 1.807) is 0 Å². The van der Waals surface area contributed by atoms with Crippen molar-refractivity contribution in [3.8, 4) is 0 Å². The van der Waals surface area contributed by atoms with Crippen molar-refractivity contribution in [3.63, 3.8) is 0 Å². The van der Waals surface area contributed by atoms with Crippen LogP contribution in [0.1, 0.15) is 30.0 Å². The Morgan fingerprint density at radius 1 is 1.30 bits per heavy atom. The van der Waals surface area contributed by atoms with Crippen LogP contribution in [0.3, 0.4) is 0 Å². The highest BCUT2D eigenvalue weighted by Crippen LogP contribution is 2.32. The van der Waals surface area contributed by atoms with Gasteiger partial charge < -0.3 is 5.32 Å². The molecule has 1 N–H and O–H groups in total. The number of nitrogens with one attached hydrogen (secondary N) is 1. The Hall–Kier alpha value is -1.65. The fraction of sp³-hybridized carbons (Fsp3) is 0.312. The molecule has 0 aliphatic carbocycles. The largest absolute Gasteiger partial charge is 0.304 e. The van der Waals surface area contributed by atoms with Crippen molar-refractivity contribution in [2.45, 2.75) is 19.4 Å². The summed E-state index contributed by atoms with van der Waals surface area (Å²) in [6, 6.07) is 13.2. The summed E-state index contributed by atoms with van der Waals surface area (Å²) in [5.74, 6) is 0. The van der Waals surface area contributed by atoms with Gasteiger partial charge in [0.15, 0.2) is 0 Å². The average Bonchev–Trinajstić information content (AvgIpc) is 3.06. The molecule has 0 aliphatic heterocycles. The van der Waals surface area contributed by atoms with E-state index < -0.39 is 0 Å². The van der Waals surface area contributed by atoms with E-state index in [1.165, 1.54) is 20.7 Å². The lowest BCUT2D eigenvalue weighted by molar-refractivity contribution is 0.560. The first kappa shape index (κ1) is 13.3. The monoisotopic (exact) mass is 285 g/mol. The summed E-state index contributed by atoms with van der Waals surface area (Å²) < 4.78 is 3.30. The van der Waals surface area contributed by atoms with Crippen LogP contribution in [0.5, 0.6) is 0 Å². The van der Waals surface area contributed by atoms with E-state index in [2.05, 4.69) is 53.7 Å². The van der Waals surface area contributed by atoms with Gasteiger partial charge in [-0.3, -0.25) is 4.68 Å². The normalized spacial score (nSPS) is 12.9. The number of hydrogen-bond acceptors (Lipinski definition) is 3. The number of aryl methyl sites for hydroxylation is 1. The number of thiophene rings is 1. The van der Waals surface area contributed by atoms with Crippen molar-refractivity contribution in [1.29, 1.82) is 0 Å². The van der Waals surface area contributed by atoms with E-state index in [0.717, 1.165) is 13.0 Å². The first-order chi connectivity index (χ1) is 9.79. The van der Waals surface area contributed by atoms with Crippen LogP contribution in [0.25, 0.3) is 10.1 Å². The van der Waals surface area contributed by atoms with E-state index in [4.69, 9.17) is 0 Å². The van der Waals surface area contributed by atoms with Gasteiger partial charge in [-0.15, -0.1) is 11.3 Å². The molecular formula is C16H19N3S. The Labute approximate surface area is 123 Å². The summed E-state index contributed by atoms with van der Waals surface area (Å²) >= 11 is 1.86. The molecule has 2 aromatic heterocycles. The first-order valence-electron chi connectivity index (χ1n) is 6.99. The molecule has 0 spiro atoms. The third kappa shape index (κ3) is 2.49. The van der Waals surface area contributed by atoms with E-state index in [0.29, 0.717) is 0 Å². The molecule has 104 valence electrons. The maximum atomic E-state index is 4.31. The van der Waals surface area contributed by atoms with Crippen LogP contribution < -0.4 is 5.32 Å². The Kier molecular flexibility index (Phi) is 3.85. The molecule has 0 aliphatic rings. The highest BCUT2D eigenvalue weighted by Gasteiger charge is 2.18. The molecule has 0 saturated carbocycles. The standard InChI is InChI=1S/C16H19N3S/c1-3-9-17-16(13-8-10-18-19(13)2)15-11-12-6-4-5-7-14(12)20-15/h4-8,10-11,16-17H,3,9H2,1-2H3. The Morgan fingerprint density at radius 2 is 2.15 bits per heavy atom. The summed E-state index contributed by atoms with van der Waals surface area (Å²) in [5.41, 5.74) is 1.21. The van der Waals surface area contributed by atoms with E-state index >= 15 is 0 Å². The predicted molar refractivity (Wildman–Crippen MR) is 85.2 cm³/mol. The summed E-state index contributed by atoms with van der Waals surface area (Å²) in [6.45, 7) is 3.20. The lowest BCUT2D eigenvalue weighted by Gasteiger charge is -2.17. The van der Waals surface area contributed by atoms with Crippen molar-refractivity contribution < 1.29 is 0 Å². The minimum Gasteiger partial charge on any atom is -0.304 e. The van der Waals surface area contributed by atoms with E-state index in [-0.39, 0.29) is 6.04 Å². The topological polar surface area (TPSA) is 29.9 Å². The quantitative estimate of drug-likeness (QED) is 0.774. The number of hydrogen-bond donors (Lipinski definition) is 1. The summed E-state index contributed by atoms with van der Waals surface area (Å²) in [7, 11) is 2.00. The zero-order valence-corrected chi connectivity index (χ0v) is 12.7. The number of benzene rings is 1. The molecule has 0 radical (unpaired) electrons. The highest BCUT2D eigenvalue weighted by molar-refractivity contribution is 7.19. The zero-order valence-electron chi connectivity index (χ0n) is 11.8. The van der Waals surface area contributed by atoms with Gasteiger partial charge in [0.1, 0.15) is 0 Å². The van der Waals surface area contributed by atoms with Gasteiger partial charge in [-0.1, -0.05) is 25.1 Å². The predicted octanol–water partition coefficient (Wildman–Crippen LogP) is 3.72. The Balaban J connectivity index is 2.02. The molecule has 0 bridgehead atoms. The minimum atomic E-state index is 0.222. The molecule has 0 amide bonds. The summed E-state index contributed by atoms with van der Waals surface area (Å²) in [6.07, 6.45) is 2.99. The maximum absolute atomic E-state index is 4.31. The van der Waals surface area contributed by atoms with Crippen LogP contribution in [0, 0.1) is 0 Å². The van der Waals surface area contributed by atoms with Gasteiger partial charge >= 0.3 is 0 Å². The maximum Gasteiger partial charge on any atom is 0.0842 e. The number of aromatic nitrogens is 2. The number of rotatable bonds is 5. The van der Waals surface area contributed by atoms with Gasteiger partial charge in [0.2, 0.25) is 0 Å². The second-order valence-corrected chi connectivity index (χ2v) is 6.07. The van der Waals surface area contributed by atoms with Crippen molar-refractivity contribution in [3.05, 3.63) is 53.2 Å². The van der Waals surface area contributed by atoms with Crippen molar-refractivity contribution in [2.75, 3.05) is 6.54 Å². The zero-order chi connectivity index (χ0) is 13.9. The Bertz CT molecular complexity index is 665. The van der Waals surface area contributed by atoms with Gasteiger partial charge in [-0.2, -0.15) is 5.10 Å². The Morgan fingerprint density at radius 3 is 2.85 bits per heavy atom. The van der Waals surface area contributed by atoms with Gasteiger partial charge in [-0.05, 0) is 36.6 Å². The molecule has 3 aromatic rings. The summed E-state index contributed by atoms with van der Waals surface area (Å²) in [5, 5.41) is 9.26. The second kappa shape index (κ2) is 5.77. The summed E-state index contributed by atoms with van der Waals surface area (Å²) in [4.78, 5) is 1.35. The lowest BCUT2D eigenvalue weighted by Crippen LogP contribution is -2.24. The van der Waals surface area contributed by atoms with Crippen LogP contribution in [0.15, 0.2) is 42.6 Å². The highest BCUT2D eigenvalue weighted by atomic mass is 32.1. The lowest BCUT2D eigenvalue weighted by atomic mass is 10.1. The molecule has 3 rings (SSSR count). The number of nitrogens with zero attached hydrogens (tertiary/aromatic N) is 2. The molecule has 2 heterocycles. The van der Waals surface area contributed by atoms with Crippen molar-refractivity contribution >= 4 is 21.4 Å². The molecule has 4 heteroatoms. The molecule has 1 aromatic carbocycles. The van der Waals surface area contributed by atoms with Crippen molar-refractivity contribution in [2.24, 2.45) is 7.05 Å². The third-order valence-corrected chi connectivity index (χ3v) is 4.66. The van der Waals surface area contributed by atoms with E-state index in [9.17, 15) is 0 Å². The van der Waals surface area contributed by atoms with Gasteiger partial charge in [0.05, 0.1) is 11.7 Å². The average molecular weight is 285 g/mol. The van der Waals surface area contributed by atoms with E-state index in [1.807, 2.05) is 29.3 Å². The number of fused-ring (bicyclic) bond motifs is 1. The smallest absolute Gasteiger partial charge is 0.0842 e. The SMILES string of the molecule is CCCNC(c1cc2ccccc2s1)c1ccnn1C. The van der Waals surface area contributed by atoms with Gasteiger partial charge in [-0.25, -0.2) is 0 Å². The van der Waals surface area contributed by atoms with Crippen molar-refractivity contribution in [1.82, 2.24) is 15.1 Å². The second-order valence-electron chi connectivity index (χ2n) is 4.95. The van der Waals surface area contributed by atoms with Crippen LogP contribution in [0.2, 0.25) is 0 Å². The van der Waals surface area contributed by atoms with Gasteiger partial charge in [0.25, 0.3) is 0 Å². The molecule has 20 heavy (non-hydrogen) atoms. The van der Waals surface area contributed by atoms with Gasteiger partial charge in [0, 0.05) is 22.8 Å². The van der Waals surface area contributed by atoms with Crippen LogP contribution in [0.4, 0.5) is 0 Å². The van der Waals surface area contributed by atoms with Crippen LogP contribution in [-0.4, -0.2) is 16.3 Å². The third-order valence-electron chi connectivity index (χ3n) is 3.48. The minimum absolute atomic E-state index is 0.222. The fourth-order valence-electron chi connectivity index (χ4n) is 2.45. The molecule has 0 saturated heterocycles. The molecule has 1 unspecified atom stereocenters. The van der Waals surface area contributed by atoms with Crippen LogP contribution >= 0.6 is 11.3 Å². The fourth-order valence-corrected chi connectivity index (χ4v) is 3.60. The molecule has 3 nitrogen and oxygen atoms in total. The van der Waals surface area contributed by atoms with Crippen LogP contribution in [-0.2, 0) is 7.05 Å². The molecule has 1 atom stereocenters. The molecular weight excluding hydrogens is 266 g/mol.